The maximum Gasteiger partial charge on any atom is 0.119 e. The molecular weight excluding hydrogens is 264 g/mol. The van der Waals surface area contributed by atoms with Crippen LogP contribution in [0.1, 0.15) is 32.0 Å². The Morgan fingerprint density at radius 2 is 2.10 bits per heavy atom. The average molecular weight is 288 g/mol. The molecular formula is C16H24N4O. The van der Waals surface area contributed by atoms with Crippen molar-refractivity contribution in [3.8, 4) is 5.75 Å². The topological polar surface area (TPSA) is 52.0 Å². The van der Waals surface area contributed by atoms with Gasteiger partial charge in [0, 0.05) is 13.1 Å². The van der Waals surface area contributed by atoms with Crippen LogP contribution in [0.25, 0.3) is 0 Å². The van der Waals surface area contributed by atoms with E-state index >= 15 is 0 Å². The zero-order valence-electron chi connectivity index (χ0n) is 13.3. The molecule has 2 rings (SSSR count). The van der Waals surface area contributed by atoms with Gasteiger partial charge in [0.15, 0.2) is 0 Å². The lowest BCUT2D eigenvalue weighted by Gasteiger charge is -2.17. The Kier molecular flexibility index (Phi) is 4.96. The summed E-state index contributed by atoms with van der Waals surface area (Å²) in [6.45, 7) is 10.5. The highest BCUT2D eigenvalue weighted by molar-refractivity contribution is 5.27. The van der Waals surface area contributed by atoms with Crippen molar-refractivity contribution in [3.05, 3.63) is 41.7 Å². The van der Waals surface area contributed by atoms with E-state index in [2.05, 4.69) is 49.4 Å². The summed E-state index contributed by atoms with van der Waals surface area (Å²) in [6.07, 6.45) is 1.98. The van der Waals surface area contributed by atoms with Crippen molar-refractivity contribution in [2.24, 2.45) is 0 Å². The number of ether oxygens (including phenoxy) is 1. The van der Waals surface area contributed by atoms with Crippen LogP contribution >= 0.6 is 0 Å². The summed E-state index contributed by atoms with van der Waals surface area (Å²) in [7, 11) is 0. The van der Waals surface area contributed by atoms with Gasteiger partial charge in [0.2, 0.25) is 0 Å². The minimum absolute atomic E-state index is 0.0282. The van der Waals surface area contributed by atoms with E-state index in [0.29, 0.717) is 13.2 Å². The molecule has 0 saturated heterocycles. The fourth-order valence-corrected chi connectivity index (χ4v) is 1.87. The van der Waals surface area contributed by atoms with Crippen molar-refractivity contribution in [2.75, 3.05) is 13.2 Å². The molecule has 0 unspecified atom stereocenters. The van der Waals surface area contributed by atoms with Crippen LogP contribution < -0.4 is 10.1 Å². The van der Waals surface area contributed by atoms with Gasteiger partial charge in [0.1, 0.15) is 12.4 Å². The van der Waals surface area contributed by atoms with Crippen LogP contribution in [0.2, 0.25) is 0 Å². The fraction of sp³-hybridized carbons (Fsp3) is 0.500. The molecule has 0 aliphatic heterocycles. The number of nitrogens with zero attached hydrogens (tertiary/aromatic N) is 3. The molecule has 1 aromatic heterocycles. The van der Waals surface area contributed by atoms with E-state index in [0.717, 1.165) is 18.0 Å². The molecule has 114 valence electrons. The summed E-state index contributed by atoms with van der Waals surface area (Å²) in [5, 5.41) is 11.6. The van der Waals surface area contributed by atoms with Gasteiger partial charge in [-0.2, -0.15) is 0 Å². The first kappa shape index (κ1) is 15.5. The van der Waals surface area contributed by atoms with Crippen molar-refractivity contribution < 1.29 is 4.74 Å². The second-order valence-electron chi connectivity index (χ2n) is 6.17. The molecule has 0 aliphatic rings. The number of rotatable bonds is 6. The zero-order valence-corrected chi connectivity index (χ0v) is 13.3. The largest absolute Gasteiger partial charge is 0.492 e. The molecule has 21 heavy (non-hydrogen) atoms. The molecule has 0 saturated carbocycles. The number of benzene rings is 1. The minimum Gasteiger partial charge on any atom is -0.492 e. The number of nitrogens with one attached hydrogen (secondary N) is 1. The van der Waals surface area contributed by atoms with Crippen LogP contribution in [0.15, 0.2) is 30.5 Å². The number of hydrogen-bond acceptors (Lipinski definition) is 4. The Morgan fingerprint density at radius 1 is 1.29 bits per heavy atom. The zero-order chi connectivity index (χ0) is 15.3. The van der Waals surface area contributed by atoms with Crippen LogP contribution in [-0.4, -0.2) is 28.1 Å². The van der Waals surface area contributed by atoms with E-state index < -0.39 is 0 Å². The molecule has 0 fully saturated rings. The molecule has 0 spiro atoms. The first-order valence-electron chi connectivity index (χ1n) is 7.27. The second kappa shape index (κ2) is 6.72. The molecule has 0 radical (unpaired) electrons. The monoisotopic (exact) mass is 288 g/mol. The van der Waals surface area contributed by atoms with Gasteiger partial charge in [-0.1, -0.05) is 17.3 Å². The van der Waals surface area contributed by atoms with E-state index in [1.165, 1.54) is 5.56 Å². The van der Waals surface area contributed by atoms with Gasteiger partial charge in [0.05, 0.1) is 17.4 Å². The molecule has 0 aliphatic carbocycles. The molecule has 5 heteroatoms. The maximum atomic E-state index is 5.68. The van der Waals surface area contributed by atoms with E-state index in [4.69, 9.17) is 4.74 Å². The average Bonchev–Trinajstić information content (AvgIpc) is 2.87. The summed E-state index contributed by atoms with van der Waals surface area (Å²) in [4.78, 5) is 0. The lowest BCUT2D eigenvalue weighted by Crippen LogP contribution is -2.22. The molecule has 0 atom stereocenters. The lowest BCUT2D eigenvalue weighted by atomic mass is 10.1. The van der Waals surface area contributed by atoms with Crippen molar-refractivity contribution in [2.45, 2.75) is 39.8 Å². The van der Waals surface area contributed by atoms with E-state index in [1.54, 1.807) is 0 Å². The normalized spacial score (nSPS) is 11.6. The highest BCUT2D eigenvalue weighted by Crippen LogP contribution is 2.12. The smallest absolute Gasteiger partial charge is 0.119 e. The summed E-state index contributed by atoms with van der Waals surface area (Å²) >= 11 is 0. The van der Waals surface area contributed by atoms with Crippen molar-refractivity contribution in [1.29, 1.82) is 0 Å². The Hall–Kier alpha value is -1.88. The van der Waals surface area contributed by atoms with E-state index in [-0.39, 0.29) is 5.54 Å². The van der Waals surface area contributed by atoms with Crippen molar-refractivity contribution in [1.82, 2.24) is 20.3 Å². The first-order valence-corrected chi connectivity index (χ1v) is 7.27. The molecule has 1 heterocycles. The van der Waals surface area contributed by atoms with Crippen molar-refractivity contribution in [3.63, 3.8) is 0 Å². The van der Waals surface area contributed by atoms with Crippen LogP contribution in [0.5, 0.6) is 5.75 Å². The maximum absolute atomic E-state index is 5.68. The van der Waals surface area contributed by atoms with Gasteiger partial charge < -0.3 is 10.1 Å². The van der Waals surface area contributed by atoms with Gasteiger partial charge in [-0.15, -0.1) is 5.10 Å². The van der Waals surface area contributed by atoms with E-state index in [1.807, 2.05) is 29.1 Å². The Balaban J connectivity index is 1.69. The number of aryl methyl sites for hydroxylation is 1. The third-order valence-electron chi connectivity index (χ3n) is 3.07. The standard InChI is InChI=1S/C16H24N4O/c1-13-6-5-7-15(10-13)21-9-8-17-11-14-12-20(19-18-14)16(2,3)4/h5-7,10,12,17H,8-9,11H2,1-4H3. The van der Waals surface area contributed by atoms with Gasteiger partial charge in [-0.3, -0.25) is 0 Å². The van der Waals surface area contributed by atoms with Gasteiger partial charge >= 0.3 is 0 Å². The molecule has 0 amide bonds. The first-order chi connectivity index (χ1) is 9.95. The molecule has 5 nitrogen and oxygen atoms in total. The van der Waals surface area contributed by atoms with Gasteiger partial charge in [0.25, 0.3) is 0 Å². The highest BCUT2D eigenvalue weighted by atomic mass is 16.5. The predicted molar refractivity (Wildman–Crippen MR) is 83.4 cm³/mol. The fourth-order valence-electron chi connectivity index (χ4n) is 1.87. The summed E-state index contributed by atoms with van der Waals surface area (Å²) in [5.41, 5.74) is 2.12. The second-order valence-corrected chi connectivity index (χ2v) is 6.17. The molecule has 2 aromatic rings. The molecule has 1 N–H and O–H groups in total. The van der Waals surface area contributed by atoms with Crippen molar-refractivity contribution >= 4 is 0 Å². The Bertz CT molecular complexity index is 572. The minimum atomic E-state index is -0.0282. The summed E-state index contributed by atoms with van der Waals surface area (Å²) in [6, 6.07) is 8.07. The molecule has 0 bridgehead atoms. The SMILES string of the molecule is Cc1cccc(OCCNCc2cn(C(C)(C)C)nn2)c1. The molecule has 1 aromatic carbocycles. The highest BCUT2D eigenvalue weighted by Gasteiger charge is 2.14. The summed E-state index contributed by atoms with van der Waals surface area (Å²) < 4.78 is 7.56. The number of aromatic nitrogens is 3. The predicted octanol–water partition coefficient (Wildman–Crippen LogP) is 2.51. The third kappa shape index (κ3) is 4.86. The van der Waals surface area contributed by atoms with Gasteiger partial charge in [-0.25, -0.2) is 4.68 Å². The van der Waals surface area contributed by atoms with E-state index in [9.17, 15) is 0 Å². The van der Waals surface area contributed by atoms with Crippen LogP contribution in [-0.2, 0) is 12.1 Å². The number of hydrogen-bond donors (Lipinski definition) is 1. The van der Waals surface area contributed by atoms with Crippen LogP contribution in [0.4, 0.5) is 0 Å². The van der Waals surface area contributed by atoms with Gasteiger partial charge in [-0.05, 0) is 45.4 Å². The van der Waals surface area contributed by atoms with Crippen LogP contribution in [0, 0.1) is 6.92 Å². The third-order valence-corrected chi connectivity index (χ3v) is 3.07. The Morgan fingerprint density at radius 3 is 2.76 bits per heavy atom. The summed E-state index contributed by atoms with van der Waals surface area (Å²) in [5.74, 6) is 0.912. The van der Waals surface area contributed by atoms with Crippen LogP contribution in [0.3, 0.4) is 0 Å². The quantitative estimate of drug-likeness (QED) is 0.830. The lowest BCUT2D eigenvalue weighted by molar-refractivity contribution is 0.313. The Labute approximate surface area is 126 Å².